The highest BCUT2D eigenvalue weighted by molar-refractivity contribution is 7.19. The Kier molecular flexibility index (Phi) is 5.14. The van der Waals surface area contributed by atoms with E-state index in [1.165, 1.54) is 16.7 Å². The summed E-state index contributed by atoms with van der Waals surface area (Å²) < 4.78 is 1.77. The number of hydrogen-bond donors (Lipinski definition) is 0. The summed E-state index contributed by atoms with van der Waals surface area (Å²) in [4.78, 5) is 19.8. The zero-order valence-corrected chi connectivity index (χ0v) is 17.3. The van der Waals surface area contributed by atoms with Gasteiger partial charge in [0.05, 0.1) is 11.7 Å². The molecule has 2 heterocycles. The standard InChI is InChI=1S/C24H24N2OS/c1-16-11-12-20(14-17(16)2)21-18(3)28-23-22(21)24(27)26(15-25-23)13-7-10-19-8-5-4-6-9-19/h4-6,8-9,11-12,14-15H,7,10,13H2,1-3H3. The highest BCUT2D eigenvalue weighted by Crippen LogP contribution is 2.36. The predicted molar refractivity (Wildman–Crippen MR) is 118 cm³/mol. The molecule has 0 aliphatic carbocycles. The molecule has 0 radical (unpaired) electrons. The van der Waals surface area contributed by atoms with Crippen molar-refractivity contribution in [3.8, 4) is 11.1 Å². The van der Waals surface area contributed by atoms with Crippen molar-refractivity contribution in [2.24, 2.45) is 0 Å². The van der Waals surface area contributed by atoms with Gasteiger partial charge in [0.1, 0.15) is 4.83 Å². The smallest absolute Gasteiger partial charge is 0.262 e. The molecule has 4 heteroatoms. The molecule has 0 fully saturated rings. The molecule has 0 N–H and O–H groups in total. The molecule has 0 atom stereocenters. The summed E-state index contributed by atoms with van der Waals surface area (Å²) in [6.07, 6.45) is 3.58. The molecule has 0 bridgehead atoms. The van der Waals surface area contributed by atoms with Gasteiger partial charge in [0, 0.05) is 17.0 Å². The Hall–Kier alpha value is -2.72. The van der Waals surface area contributed by atoms with E-state index < -0.39 is 0 Å². The number of aryl methyl sites for hydroxylation is 5. The normalized spacial score (nSPS) is 11.2. The number of rotatable bonds is 5. The molecule has 142 valence electrons. The average molecular weight is 389 g/mol. The second-order valence-corrected chi connectivity index (χ2v) is 8.55. The first kappa shape index (κ1) is 18.6. The van der Waals surface area contributed by atoms with Crippen LogP contribution < -0.4 is 5.56 Å². The fourth-order valence-electron chi connectivity index (χ4n) is 3.64. The van der Waals surface area contributed by atoms with E-state index in [0.717, 1.165) is 39.1 Å². The fraction of sp³-hybridized carbons (Fsp3) is 0.250. The van der Waals surface area contributed by atoms with Crippen molar-refractivity contribution in [1.29, 1.82) is 0 Å². The molecule has 2 aromatic carbocycles. The zero-order valence-electron chi connectivity index (χ0n) is 16.5. The molecular formula is C24H24N2OS. The fourth-order valence-corrected chi connectivity index (χ4v) is 4.64. The first-order chi connectivity index (χ1) is 13.5. The maximum absolute atomic E-state index is 13.3. The van der Waals surface area contributed by atoms with Gasteiger partial charge in [0.15, 0.2) is 0 Å². The van der Waals surface area contributed by atoms with E-state index in [-0.39, 0.29) is 5.56 Å². The van der Waals surface area contributed by atoms with Crippen LogP contribution in [0.4, 0.5) is 0 Å². The molecule has 0 spiro atoms. The molecule has 0 aliphatic heterocycles. The molecule has 0 saturated heterocycles. The average Bonchev–Trinajstić information content (AvgIpc) is 3.03. The highest BCUT2D eigenvalue weighted by atomic mass is 32.1. The van der Waals surface area contributed by atoms with Gasteiger partial charge in [-0.15, -0.1) is 11.3 Å². The Morgan fingerprint density at radius 3 is 2.54 bits per heavy atom. The number of hydrogen-bond acceptors (Lipinski definition) is 3. The summed E-state index contributed by atoms with van der Waals surface area (Å²) in [7, 11) is 0. The minimum absolute atomic E-state index is 0.0654. The summed E-state index contributed by atoms with van der Waals surface area (Å²) in [6.45, 7) is 6.98. The first-order valence-electron chi connectivity index (χ1n) is 9.64. The van der Waals surface area contributed by atoms with Crippen molar-refractivity contribution in [2.75, 3.05) is 0 Å². The van der Waals surface area contributed by atoms with E-state index in [2.05, 4.69) is 68.2 Å². The van der Waals surface area contributed by atoms with Gasteiger partial charge in [-0.2, -0.15) is 0 Å². The highest BCUT2D eigenvalue weighted by Gasteiger charge is 2.17. The third-order valence-corrected chi connectivity index (χ3v) is 6.37. The van der Waals surface area contributed by atoms with E-state index in [9.17, 15) is 4.79 Å². The molecule has 28 heavy (non-hydrogen) atoms. The van der Waals surface area contributed by atoms with Gasteiger partial charge in [-0.05, 0) is 55.9 Å². The quantitative estimate of drug-likeness (QED) is 0.441. The van der Waals surface area contributed by atoms with Gasteiger partial charge in [0.25, 0.3) is 5.56 Å². The summed E-state index contributed by atoms with van der Waals surface area (Å²) >= 11 is 1.60. The first-order valence-corrected chi connectivity index (χ1v) is 10.5. The van der Waals surface area contributed by atoms with Gasteiger partial charge in [-0.3, -0.25) is 9.36 Å². The Morgan fingerprint density at radius 1 is 1.00 bits per heavy atom. The number of thiophene rings is 1. The van der Waals surface area contributed by atoms with Crippen LogP contribution in [0.2, 0.25) is 0 Å². The predicted octanol–water partition coefficient (Wildman–Crippen LogP) is 5.68. The van der Waals surface area contributed by atoms with Crippen molar-refractivity contribution in [2.45, 2.75) is 40.2 Å². The Bertz CT molecular complexity index is 1190. The van der Waals surface area contributed by atoms with Crippen LogP contribution in [0.5, 0.6) is 0 Å². The van der Waals surface area contributed by atoms with Gasteiger partial charge < -0.3 is 0 Å². The number of benzene rings is 2. The maximum atomic E-state index is 13.3. The van der Waals surface area contributed by atoms with E-state index in [4.69, 9.17) is 0 Å². The minimum atomic E-state index is 0.0654. The molecule has 3 nitrogen and oxygen atoms in total. The molecule has 0 amide bonds. The van der Waals surface area contributed by atoms with Crippen molar-refractivity contribution in [1.82, 2.24) is 9.55 Å². The van der Waals surface area contributed by atoms with Crippen LogP contribution in [0, 0.1) is 20.8 Å². The van der Waals surface area contributed by atoms with E-state index >= 15 is 0 Å². The third-order valence-electron chi connectivity index (χ3n) is 5.36. The Morgan fingerprint density at radius 2 is 1.79 bits per heavy atom. The van der Waals surface area contributed by atoms with Crippen LogP contribution in [0.1, 0.15) is 28.0 Å². The second kappa shape index (κ2) is 7.72. The number of fused-ring (bicyclic) bond motifs is 1. The third kappa shape index (κ3) is 3.52. The lowest BCUT2D eigenvalue weighted by Crippen LogP contribution is -2.20. The molecule has 0 aliphatic rings. The van der Waals surface area contributed by atoms with Crippen LogP contribution >= 0.6 is 11.3 Å². The van der Waals surface area contributed by atoms with Crippen LogP contribution in [0.15, 0.2) is 59.7 Å². The van der Waals surface area contributed by atoms with Gasteiger partial charge in [-0.25, -0.2) is 4.98 Å². The lowest BCUT2D eigenvalue weighted by Gasteiger charge is -2.08. The molecule has 2 aromatic heterocycles. The largest absolute Gasteiger partial charge is 0.299 e. The number of aromatic nitrogens is 2. The molecule has 0 unspecified atom stereocenters. The summed E-state index contributed by atoms with van der Waals surface area (Å²) in [5.41, 5.74) is 6.01. The van der Waals surface area contributed by atoms with Crippen LogP contribution in [-0.2, 0) is 13.0 Å². The number of nitrogens with zero attached hydrogens (tertiary/aromatic N) is 2. The van der Waals surface area contributed by atoms with Crippen LogP contribution in [-0.4, -0.2) is 9.55 Å². The van der Waals surface area contributed by atoms with Gasteiger partial charge >= 0.3 is 0 Å². The van der Waals surface area contributed by atoms with Crippen molar-refractivity contribution >= 4 is 21.6 Å². The van der Waals surface area contributed by atoms with Crippen LogP contribution in [0.3, 0.4) is 0 Å². The maximum Gasteiger partial charge on any atom is 0.262 e. The molecular weight excluding hydrogens is 364 g/mol. The van der Waals surface area contributed by atoms with E-state index in [1.54, 1.807) is 22.2 Å². The monoisotopic (exact) mass is 388 g/mol. The Labute approximate surface area is 169 Å². The molecule has 4 aromatic rings. The minimum Gasteiger partial charge on any atom is -0.299 e. The van der Waals surface area contributed by atoms with E-state index in [1.807, 2.05) is 6.07 Å². The molecule has 4 rings (SSSR count). The van der Waals surface area contributed by atoms with Crippen LogP contribution in [0.25, 0.3) is 21.3 Å². The summed E-state index contributed by atoms with van der Waals surface area (Å²) in [5.74, 6) is 0. The lowest BCUT2D eigenvalue weighted by atomic mass is 9.99. The zero-order chi connectivity index (χ0) is 19.7. The lowest BCUT2D eigenvalue weighted by molar-refractivity contribution is 0.618. The Balaban J connectivity index is 1.70. The van der Waals surface area contributed by atoms with Gasteiger partial charge in [0.2, 0.25) is 0 Å². The van der Waals surface area contributed by atoms with Crippen molar-refractivity contribution in [3.05, 3.63) is 86.8 Å². The topological polar surface area (TPSA) is 34.9 Å². The second-order valence-electron chi connectivity index (χ2n) is 7.34. The SMILES string of the molecule is Cc1ccc(-c2c(C)sc3ncn(CCCc4ccccc4)c(=O)c23)cc1C. The van der Waals surface area contributed by atoms with Crippen molar-refractivity contribution in [3.63, 3.8) is 0 Å². The van der Waals surface area contributed by atoms with Crippen molar-refractivity contribution < 1.29 is 0 Å². The van der Waals surface area contributed by atoms with Gasteiger partial charge in [-0.1, -0.05) is 48.5 Å². The summed E-state index contributed by atoms with van der Waals surface area (Å²) in [6, 6.07) is 16.8. The summed E-state index contributed by atoms with van der Waals surface area (Å²) in [5, 5.41) is 0.757. The van der Waals surface area contributed by atoms with E-state index in [0.29, 0.717) is 6.54 Å². The molecule has 0 saturated carbocycles.